The summed E-state index contributed by atoms with van der Waals surface area (Å²) in [5.74, 6) is 1.37. The molecule has 3 aromatic heterocycles. The summed E-state index contributed by atoms with van der Waals surface area (Å²) in [4.78, 5) is 33.3. The number of thioether (sulfide) groups is 1. The second kappa shape index (κ2) is 9.68. The number of hydrogen-bond acceptors (Lipinski definition) is 7. The van der Waals surface area contributed by atoms with Gasteiger partial charge in [-0.1, -0.05) is 11.8 Å². The van der Waals surface area contributed by atoms with Crippen LogP contribution in [0.3, 0.4) is 0 Å². The van der Waals surface area contributed by atoms with Gasteiger partial charge in [-0.2, -0.15) is 0 Å². The van der Waals surface area contributed by atoms with Crippen LogP contribution in [0.5, 0.6) is 5.75 Å². The standard InChI is InChI=1S/C25H25N3O4S2/c1-15(19-7-5-13-32-19)26-21(29)14-33-25-27-23-22(18-6-3-4-8-20(18)34-23)24(30)28(25)16-9-11-17(31-2)12-10-16/h5,7,9-13,15H,3-4,6,8,14H2,1-2H3,(H,26,29). The fraction of sp³-hybridized carbons (Fsp3) is 0.320. The Morgan fingerprint density at radius 3 is 2.79 bits per heavy atom. The van der Waals surface area contributed by atoms with Crippen molar-refractivity contribution in [1.29, 1.82) is 0 Å². The Kier molecular flexibility index (Phi) is 6.47. The summed E-state index contributed by atoms with van der Waals surface area (Å²) in [6.07, 6.45) is 5.72. The fourth-order valence-corrected chi connectivity index (χ4v) is 6.39. The van der Waals surface area contributed by atoms with E-state index in [2.05, 4.69) is 5.32 Å². The lowest BCUT2D eigenvalue weighted by Gasteiger charge is -2.15. The van der Waals surface area contributed by atoms with Crippen LogP contribution < -0.4 is 15.6 Å². The minimum absolute atomic E-state index is 0.0820. The molecule has 1 aliphatic carbocycles. The van der Waals surface area contributed by atoms with Gasteiger partial charge < -0.3 is 14.5 Å². The molecule has 3 heterocycles. The van der Waals surface area contributed by atoms with Gasteiger partial charge in [0.05, 0.1) is 36.2 Å². The fourth-order valence-electron chi connectivity index (χ4n) is 4.26. The number of carbonyl (C=O) groups is 1. The number of amides is 1. The summed E-state index contributed by atoms with van der Waals surface area (Å²) in [5.41, 5.74) is 1.76. The molecule has 4 aromatic rings. The number of ether oxygens (including phenoxy) is 1. The predicted molar refractivity (Wildman–Crippen MR) is 134 cm³/mol. The normalized spacial score (nSPS) is 14.1. The first-order chi connectivity index (χ1) is 16.5. The molecule has 1 aliphatic rings. The maximum atomic E-state index is 13.8. The minimum atomic E-state index is -0.244. The molecule has 9 heteroatoms. The average Bonchev–Trinajstić information content (AvgIpc) is 3.51. The van der Waals surface area contributed by atoms with Crippen LogP contribution in [0.1, 0.15) is 42.0 Å². The number of thiophene rings is 1. The van der Waals surface area contributed by atoms with Gasteiger partial charge in [0.15, 0.2) is 5.16 Å². The van der Waals surface area contributed by atoms with Crippen LogP contribution in [0, 0.1) is 0 Å². The Bertz CT molecular complexity index is 1370. The lowest BCUT2D eigenvalue weighted by atomic mass is 9.97. The predicted octanol–water partition coefficient (Wildman–Crippen LogP) is 4.90. The Morgan fingerprint density at radius 1 is 1.26 bits per heavy atom. The smallest absolute Gasteiger partial charge is 0.267 e. The van der Waals surface area contributed by atoms with Gasteiger partial charge in [-0.05, 0) is 74.6 Å². The number of aromatic nitrogens is 2. The molecule has 1 aromatic carbocycles. The number of aryl methyl sites for hydroxylation is 2. The van der Waals surface area contributed by atoms with Crippen molar-refractivity contribution in [3.05, 3.63) is 69.2 Å². The first-order valence-corrected chi connectivity index (χ1v) is 13.0. The van der Waals surface area contributed by atoms with E-state index in [1.165, 1.54) is 16.6 Å². The number of furan rings is 1. The van der Waals surface area contributed by atoms with Crippen molar-refractivity contribution < 1.29 is 13.9 Å². The van der Waals surface area contributed by atoms with Crippen LogP contribution in [0.15, 0.2) is 57.0 Å². The molecule has 0 saturated heterocycles. The number of benzene rings is 1. The van der Waals surface area contributed by atoms with Gasteiger partial charge >= 0.3 is 0 Å². The van der Waals surface area contributed by atoms with Gasteiger partial charge in [0.1, 0.15) is 16.3 Å². The second-order valence-corrected chi connectivity index (χ2v) is 10.2. The summed E-state index contributed by atoms with van der Waals surface area (Å²) in [6.45, 7) is 1.87. The molecule has 1 atom stereocenters. The Hall–Kier alpha value is -3.04. The van der Waals surface area contributed by atoms with E-state index in [1.807, 2.05) is 37.3 Å². The zero-order chi connectivity index (χ0) is 23.7. The molecular weight excluding hydrogens is 470 g/mol. The Morgan fingerprint density at radius 2 is 2.06 bits per heavy atom. The van der Waals surface area contributed by atoms with Gasteiger partial charge in [0, 0.05) is 4.88 Å². The largest absolute Gasteiger partial charge is 0.497 e. The first kappa shape index (κ1) is 22.7. The molecule has 176 valence electrons. The van der Waals surface area contributed by atoms with E-state index in [9.17, 15) is 9.59 Å². The van der Waals surface area contributed by atoms with Crippen molar-refractivity contribution in [2.24, 2.45) is 0 Å². The van der Waals surface area contributed by atoms with Crippen molar-refractivity contribution in [3.8, 4) is 11.4 Å². The van der Waals surface area contributed by atoms with E-state index in [-0.39, 0.29) is 23.3 Å². The number of hydrogen-bond donors (Lipinski definition) is 1. The van der Waals surface area contributed by atoms with E-state index in [4.69, 9.17) is 14.1 Å². The minimum Gasteiger partial charge on any atom is -0.497 e. The lowest BCUT2D eigenvalue weighted by molar-refractivity contribution is -0.119. The molecule has 0 fully saturated rings. The van der Waals surface area contributed by atoms with E-state index in [0.29, 0.717) is 22.4 Å². The number of nitrogens with one attached hydrogen (secondary N) is 1. The van der Waals surface area contributed by atoms with Gasteiger partial charge in [-0.25, -0.2) is 4.98 Å². The molecule has 5 rings (SSSR count). The van der Waals surface area contributed by atoms with E-state index >= 15 is 0 Å². The average molecular weight is 496 g/mol. The summed E-state index contributed by atoms with van der Waals surface area (Å²) in [7, 11) is 1.61. The van der Waals surface area contributed by atoms with Crippen molar-refractivity contribution in [2.75, 3.05) is 12.9 Å². The number of rotatable bonds is 7. The Labute approximate surface area is 205 Å². The van der Waals surface area contributed by atoms with Crippen molar-refractivity contribution in [2.45, 2.75) is 43.8 Å². The van der Waals surface area contributed by atoms with Crippen LogP contribution in [-0.4, -0.2) is 28.3 Å². The first-order valence-electron chi connectivity index (χ1n) is 11.2. The van der Waals surface area contributed by atoms with Gasteiger partial charge in [-0.15, -0.1) is 11.3 Å². The van der Waals surface area contributed by atoms with Crippen molar-refractivity contribution in [1.82, 2.24) is 14.9 Å². The van der Waals surface area contributed by atoms with Crippen LogP contribution in [0.25, 0.3) is 15.9 Å². The van der Waals surface area contributed by atoms with Crippen molar-refractivity contribution >= 4 is 39.2 Å². The number of carbonyl (C=O) groups excluding carboxylic acids is 1. The lowest BCUT2D eigenvalue weighted by Crippen LogP contribution is -2.28. The molecule has 0 saturated carbocycles. The molecule has 0 bridgehead atoms. The number of methoxy groups -OCH3 is 1. The van der Waals surface area contributed by atoms with Gasteiger partial charge in [-0.3, -0.25) is 14.2 Å². The maximum absolute atomic E-state index is 13.8. The molecule has 0 radical (unpaired) electrons. The van der Waals surface area contributed by atoms with Gasteiger partial charge in [0.2, 0.25) is 5.91 Å². The second-order valence-electron chi connectivity index (χ2n) is 8.22. The van der Waals surface area contributed by atoms with Crippen LogP contribution in [-0.2, 0) is 17.6 Å². The molecule has 1 unspecified atom stereocenters. The summed E-state index contributed by atoms with van der Waals surface area (Å²) >= 11 is 2.87. The third-order valence-corrected chi connectivity index (χ3v) is 8.09. The SMILES string of the molecule is COc1ccc(-n2c(SCC(=O)NC(C)c3ccco3)nc3sc4c(c3c2=O)CCCC4)cc1. The van der Waals surface area contributed by atoms with Crippen molar-refractivity contribution in [3.63, 3.8) is 0 Å². The summed E-state index contributed by atoms with van der Waals surface area (Å²) < 4.78 is 12.3. The highest BCUT2D eigenvalue weighted by Gasteiger charge is 2.23. The molecule has 0 spiro atoms. The third-order valence-electron chi connectivity index (χ3n) is 5.97. The summed E-state index contributed by atoms with van der Waals surface area (Å²) in [6, 6.07) is 10.7. The maximum Gasteiger partial charge on any atom is 0.267 e. The zero-order valence-electron chi connectivity index (χ0n) is 19.0. The highest BCUT2D eigenvalue weighted by atomic mass is 32.2. The topological polar surface area (TPSA) is 86.4 Å². The molecule has 7 nitrogen and oxygen atoms in total. The van der Waals surface area contributed by atoms with Crippen LogP contribution in [0.2, 0.25) is 0 Å². The highest BCUT2D eigenvalue weighted by Crippen LogP contribution is 2.35. The Balaban J connectivity index is 1.50. The quantitative estimate of drug-likeness (QED) is 0.290. The van der Waals surface area contributed by atoms with Gasteiger partial charge in [0.25, 0.3) is 5.56 Å². The molecule has 1 amide bonds. The molecule has 0 aliphatic heterocycles. The van der Waals surface area contributed by atoms with E-state index < -0.39 is 0 Å². The number of nitrogens with zero attached hydrogens (tertiary/aromatic N) is 2. The molecular formula is C25H25N3O4S2. The summed E-state index contributed by atoms with van der Waals surface area (Å²) in [5, 5.41) is 4.16. The zero-order valence-corrected chi connectivity index (χ0v) is 20.6. The molecule has 34 heavy (non-hydrogen) atoms. The van der Waals surface area contributed by atoms with E-state index in [1.54, 1.807) is 35.3 Å². The highest BCUT2D eigenvalue weighted by molar-refractivity contribution is 7.99. The van der Waals surface area contributed by atoms with Crippen LogP contribution >= 0.6 is 23.1 Å². The molecule has 1 N–H and O–H groups in total. The monoisotopic (exact) mass is 495 g/mol. The van der Waals surface area contributed by atoms with E-state index in [0.717, 1.165) is 41.5 Å². The third kappa shape index (κ3) is 4.37. The van der Waals surface area contributed by atoms with Crippen LogP contribution in [0.4, 0.5) is 0 Å². The number of fused-ring (bicyclic) bond motifs is 3.